The smallest absolute Gasteiger partial charge is 0.172 e. The highest BCUT2D eigenvalue weighted by molar-refractivity contribution is 7.20. The van der Waals surface area contributed by atoms with E-state index < -0.39 is 5.82 Å². The van der Waals surface area contributed by atoms with Crippen LogP contribution in [0.2, 0.25) is 5.02 Å². The third-order valence-electron chi connectivity index (χ3n) is 1.57. The van der Waals surface area contributed by atoms with Crippen LogP contribution in [0, 0.1) is 5.82 Å². The van der Waals surface area contributed by atoms with E-state index in [0.29, 0.717) is 10.1 Å². The average molecular weight is 203 g/mol. The van der Waals surface area contributed by atoms with E-state index in [-0.39, 0.29) is 10.1 Å². The summed E-state index contributed by atoms with van der Waals surface area (Å²) in [7, 11) is 0. The van der Waals surface area contributed by atoms with Crippen molar-refractivity contribution in [3.8, 4) is 5.06 Å². The van der Waals surface area contributed by atoms with Gasteiger partial charge in [0.2, 0.25) is 0 Å². The van der Waals surface area contributed by atoms with Gasteiger partial charge < -0.3 is 5.11 Å². The second kappa shape index (κ2) is 2.61. The first kappa shape index (κ1) is 7.83. The third kappa shape index (κ3) is 1.06. The minimum Gasteiger partial charge on any atom is -0.499 e. The van der Waals surface area contributed by atoms with Gasteiger partial charge >= 0.3 is 0 Å². The molecule has 62 valence electrons. The van der Waals surface area contributed by atoms with Gasteiger partial charge in [0, 0.05) is 0 Å². The lowest BCUT2D eigenvalue weighted by molar-refractivity contribution is 0.491. The number of rotatable bonds is 0. The van der Waals surface area contributed by atoms with E-state index >= 15 is 0 Å². The fourth-order valence-electron chi connectivity index (χ4n) is 1.03. The van der Waals surface area contributed by atoms with Gasteiger partial charge in [-0.25, -0.2) is 4.39 Å². The zero-order valence-electron chi connectivity index (χ0n) is 5.84. The summed E-state index contributed by atoms with van der Waals surface area (Å²) < 4.78 is 13.6. The molecule has 1 aromatic heterocycles. The third-order valence-corrected chi connectivity index (χ3v) is 2.80. The zero-order chi connectivity index (χ0) is 8.72. The van der Waals surface area contributed by atoms with Crippen molar-refractivity contribution >= 4 is 33.0 Å². The van der Waals surface area contributed by atoms with Gasteiger partial charge in [0.25, 0.3) is 0 Å². The number of fused-ring (bicyclic) bond motifs is 1. The first-order valence-electron chi connectivity index (χ1n) is 3.25. The molecule has 0 saturated heterocycles. The number of hydrogen-bond donors (Lipinski definition) is 1. The lowest BCUT2D eigenvalue weighted by Gasteiger charge is -1.93. The van der Waals surface area contributed by atoms with E-state index in [4.69, 9.17) is 16.7 Å². The standard InChI is InChI=1S/C8H4ClFOS/c9-5-2-1-4-3-6(11)12-8(4)7(5)10/h1-3,11H. The van der Waals surface area contributed by atoms with Gasteiger partial charge in [-0.2, -0.15) is 0 Å². The molecule has 4 heteroatoms. The molecule has 2 aromatic rings. The van der Waals surface area contributed by atoms with Crippen LogP contribution in [-0.4, -0.2) is 5.11 Å². The van der Waals surface area contributed by atoms with E-state index in [1.165, 1.54) is 12.1 Å². The van der Waals surface area contributed by atoms with Crippen LogP contribution in [-0.2, 0) is 0 Å². The van der Waals surface area contributed by atoms with Crippen molar-refractivity contribution in [2.24, 2.45) is 0 Å². The van der Waals surface area contributed by atoms with Gasteiger partial charge in [-0.1, -0.05) is 29.0 Å². The predicted octanol–water partition coefficient (Wildman–Crippen LogP) is 3.40. The number of thiophene rings is 1. The number of hydrogen-bond acceptors (Lipinski definition) is 2. The molecule has 0 aliphatic heterocycles. The fraction of sp³-hybridized carbons (Fsp3) is 0. The summed E-state index contributed by atoms with van der Waals surface area (Å²) in [5.41, 5.74) is 0. The van der Waals surface area contributed by atoms with Crippen molar-refractivity contribution < 1.29 is 9.50 Å². The second-order valence-electron chi connectivity index (χ2n) is 2.36. The van der Waals surface area contributed by atoms with Crippen molar-refractivity contribution in [3.05, 3.63) is 29.0 Å². The monoisotopic (exact) mass is 202 g/mol. The van der Waals surface area contributed by atoms with Crippen LogP contribution in [0.15, 0.2) is 18.2 Å². The van der Waals surface area contributed by atoms with Crippen molar-refractivity contribution in [3.63, 3.8) is 0 Å². The van der Waals surface area contributed by atoms with Gasteiger partial charge in [-0.05, 0) is 17.5 Å². The summed E-state index contributed by atoms with van der Waals surface area (Å²) in [4.78, 5) is 0. The Morgan fingerprint density at radius 1 is 1.42 bits per heavy atom. The molecule has 1 heterocycles. The molecule has 0 saturated carbocycles. The van der Waals surface area contributed by atoms with Crippen molar-refractivity contribution in [2.75, 3.05) is 0 Å². The maximum Gasteiger partial charge on any atom is 0.172 e. The molecule has 0 atom stereocenters. The molecule has 2 rings (SSSR count). The molecule has 0 unspecified atom stereocenters. The largest absolute Gasteiger partial charge is 0.499 e. The Morgan fingerprint density at radius 2 is 2.17 bits per heavy atom. The molecule has 0 amide bonds. The number of aromatic hydroxyl groups is 1. The zero-order valence-corrected chi connectivity index (χ0v) is 7.42. The molecule has 12 heavy (non-hydrogen) atoms. The van der Waals surface area contributed by atoms with E-state index in [1.54, 1.807) is 6.07 Å². The SMILES string of the molecule is Oc1cc2ccc(Cl)c(F)c2s1. The molecule has 0 aliphatic rings. The van der Waals surface area contributed by atoms with Crippen LogP contribution < -0.4 is 0 Å². The van der Waals surface area contributed by atoms with Crippen LogP contribution in [0.3, 0.4) is 0 Å². The van der Waals surface area contributed by atoms with Crippen LogP contribution in [0.4, 0.5) is 4.39 Å². The van der Waals surface area contributed by atoms with E-state index in [0.717, 1.165) is 11.3 Å². The van der Waals surface area contributed by atoms with Gasteiger partial charge in [-0.15, -0.1) is 0 Å². The summed E-state index contributed by atoms with van der Waals surface area (Å²) in [6.07, 6.45) is 0. The van der Waals surface area contributed by atoms with Crippen LogP contribution in [0.1, 0.15) is 0 Å². The van der Waals surface area contributed by atoms with Gasteiger partial charge in [0.1, 0.15) is 0 Å². The molecule has 0 spiro atoms. The Labute approximate surface area is 77.0 Å². The molecular weight excluding hydrogens is 199 g/mol. The summed E-state index contributed by atoms with van der Waals surface area (Å²) in [6, 6.07) is 4.67. The van der Waals surface area contributed by atoms with Gasteiger partial charge in [0.05, 0.1) is 9.72 Å². The minimum atomic E-state index is -0.459. The Kier molecular flexibility index (Phi) is 1.70. The number of benzene rings is 1. The summed E-state index contributed by atoms with van der Waals surface area (Å²) in [5.74, 6) is -0.459. The highest BCUT2D eigenvalue weighted by atomic mass is 35.5. The average Bonchev–Trinajstić information content (AvgIpc) is 2.39. The maximum atomic E-state index is 13.2. The first-order chi connectivity index (χ1) is 5.68. The van der Waals surface area contributed by atoms with E-state index in [2.05, 4.69) is 0 Å². The maximum absolute atomic E-state index is 13.2. The lowest BCUT2D eigenvalue weighted by Crippen LogP contribution is -1.74. The topological polar surface area (TPSA) is 20.2 Å². The van der Waals surface area contributed by atoms with Gasteiger partial charge in [-0.3, -0.25) is 0 Å². The minimum absolute atomic E-state index is 0.0874. The normalized spacial score (nSPS) is 10.8. The van der Waals surface area contributed by atoms with Crippen LogP contribution in [0.25, 0.3) is 10.1 Å². The quantitative estimate of drug-likeness (QED) is 0.694. The molecule has 0 bridgehead atoms. The van der Waals surface area contributed by atoms with Crippen molar-refractivity contribution in [2.45, 2.75) is 0 Å². The summed E-state index contributed by atoms with van der Waals surface area (Å²) in [6.45, 7) is 0. The molecule has 0 radical (unpaired) electrons. The Morgan fingerprint density at radius 3 is 2.92 bits per heavy atom. The molecule has 0 fully saturated rings. The highest BCUT2D eigenvalue weighted by Gasteiger charge is 2.08. The molecule has 0 aliphatic carbocycles. The van der Waals surface area contributed by atoms with E-state index in [9.17, 15) is 4.39 Å². The van der Waals surface area contributed by atoms with E-state index in [1.807, 2.05) is 0 Å². The first-order valence-corrected chi connectivity index (χ1v) is 4.44. The highest BCUT2D eigenvalue weighted by Crippen LogP contribution is 2.34. The van der Waals surface area contributed by atoms with Crippen molar-refractivity contribution in [1.82, 2.24) is 0 Å². The van der Waals surface area contributed by atoms with Gasteiger partial charge in [0.15, 0.2) is 10.9 Å². The summed E-state index contributed by atoms with van der Waals surface area (Å²) >= 11 is 6.54. The molecule has 1 N–H and O–H groups in total. The van der Waals surface area contributed by atoms with Crippen LogP contribution in [0.5, 0.6) is 5.06 Å². The van der Waals surface area contributed by atoms with Crippen LogP contribution >= 0.6 is 22.9 Å². The Balaban J connectivity index is 2.89. The molecule has 1 nitrogen and oxygen atoms in total. The van der Waals surface area contributed by atoms with Crippen molar-refractivity contribution in [1.29, 1.82) is 0 Å². The second-order valence-corrected chi connectivity index (χ2v) is 3.80. The fourth-order valence-corrected chi connectivity index (χ4v) is 2.08. The number of halogens is 2. The lowest BCUT2D eigenvalue weighted by atomic mass is 10.2. The predicted molar refractivity (Wildman–Crippen MR) is 48.5 cm³/mol. The molecule has 1 aromatic carbocycles. The Hall–Kier alpha value is -0.800. The molecular formula is C8H4ClFOS. The summed E-state index contributed by atoms with van der Waals surface area (Å²) in [5, 5.41) is 9.95. The Bertz CT molecular complexity index is 438.